The number of carbonyl (C=O) groups is 1. The van der Waals surface area contributed by atoms with E-state index in [2.05, 4.69) is 46.8 Å². The first kappa shape index (κ1) is 17.5. The molecule has 2 aromatic rings. The van der Waals surface area contributed by atoms with Crippen LogP contribution >= 0.6 is 0 Å². The summed E-state index contributed by atoms with van der Waals surface area (Å²) in [5.74, 6) is 0.206. The second kappa shape index (κ2) is 8.67. The number of hydrogen-bond donors (Lipinski definition) is 1. The number of rotatable bonds is 6. The summed E-state index contributed by atoms with van der Waals surface area (Å²) in [6.07, 6.45) is 2.79. The summed E-state index contributed by atoms with van der Waals surface area (Å²) >= 11 is 0. The van der Waals surface area contributed by atoms with Crippen LogP contribution in [-0.2, 0) is 16.0 Å². The molecule has 4 nitrogen and oxygen atoms in total. The number of esters is 1. The Hall–Kier alpha value is -2.33. The molecule has 0 saturated carbocycles. The molecule has 1 fully saturated rings. The largest absolute Gasteiger partial charge is 0.469 e. The first-order valence-electron chi connectivity index (χ1n) is 8.94. The van der Waals surface area contributed by atoms with E-state index < -0.39 is 0 Å². The number of aryl methyl sites for hydroxylation is 1. The average molecular weight is 338 g/mol. The molecule has 4 heteroatoms. The van der Waals surface area contributed by atoms with Crippen LogP contribution in [-0.4, -0.2) is 31.2 Å². The Kier molecular flexibility index (Phi) is 6.07. The molecule has 1 saturated heterocycles. The minimum atomic E-state index is -0.0718. The lowest BCUT2D eigenvalue weighted by Crippen LogP contribution is -2.46. The fourth-order valence-corrected chi connectivity index (χ4v) is 3.58. The second-order valence-electron chi connectivity index (χ2n) is 6.63. The molecule has 132 valence electrons. The van der Waals surface area contributed by atoms with Crippen LogP contribution in [0.3, 0.4) is 0 Å². The third-order valence-corrected chi connectivity index (χ3v) is 4.95. The number of hydrazine groups is 1. The molecule has 0 bridgehead atoms. The summed E-state index contributed by atoms with van der Waals surface area (Å²) in [7, 11) is 1.49. The number of nitrogens with zero attached hydrogens (tertiary/aromatic N) is 1. The predicted octanol–water partition coefficient (Wildman–Crippen LogP) is 3.76. The molecule has 0 spiro atoms. The summed E-state index contributed by atoms with van der Waals surface area (Å²) in [6.45, 7) is 1.69. The Morgan fingerprint density at radius 3 is 2.48 bits per heavy atom. The quantitative estimate of drug-likeness (QED) is 0.815. The van der Waals surface area contributed by atoms with Crippen LogP contribution in [0.2, 0.25) is 0 Å². The lowest BCUT2D eigenvalue weighted by Gasteiger charge is -2.37. The zero-order chi connectivity index (χ0) is 17.5. The van der Waals surface area contributed by atoms with Crippen LogP contribution in [0.25, 0.3) is 0 Å². The van der Waals surface area contributed by atoms with Gasteiger partial charge in [-0.15, -0.1) is 0 Å². The number of para-hydroxylation sites is 1. The Labute approximate surface area is 149 Å². The molecule has 0 aliphatic carbocycles. The van der Waals surface area contributed by atoms with Crippen molar-refractivity contribution in [3.8, 4) is 0 Å². The van der Waals surface area contributed by atoms with Gasteiger partial charge >= 0.3 is 5.97 Å². The van der Waals surface area contributed by atoms with Crippen LogP contribution < -0.4 is 5.43 Å². The van der Waals surface area contributed by atoms with E-state index in [1.165, 1.54) is 12.7 Å². The molecule has 0 radical (unpaired) electrons. The van der Waals surface area contributed by atoms with Gasteiger partial charge in [0.25, 0.3) is 0 Å². The van der Waals surface area contributed by atoms with Crippen LogP contribution in [0, 0.1) is 11.8 Å². The molecule has 2 aromatic carbocycles. The SMILES string of the molecule is COC(=O)C1CCN(Nc2ccccc2)CC1CCc1ccccc1. The monoisotopic (exact) mass is 338 g/mol. The smallest absolute Gasteiger partial charge is 0.309 e. The van der Waals surface area contributed by atoms with Crippen molar-refractivity contribution < 1.29 is 9.53 Å². The second-order valence-corrected chi connectivity index (χ2v) is 6.63. The summed E-state index contributed by atoms with van der Waals surface area (Å²) in [6, 6.07) is 20.6. The zero-order valence-corrected chi connectivity index (χ0v) is 14.7. The van der Waals surface area contributed by atoms with Crippen molar-refractivity contribution in [2.45, 2.75) is 19.3 Å². The molecule has 25 heavy (non-hydrogen) atoms. The summed E-state index contributed by atoms with van der Waals surface area (Å²) in [5.41, 5.74) is 5.87. The molecule has 1 heterocycles. The lowest BCUT2D eigenvalue weighted by atomic mass is 9.82. The predicted molar refractivity (Wildman–Crippen MR) is 100 cm³/mol. The molecule has 1 aliphatic rings. The van der Waals surface area contributed by atoms with Gasteiger partial charge in [0, 0.05) is 18.8 Å². The molecule has 1 aliphatic heterocycles. The molecule has 3 rings (SSSR count). The lowest BCUT2D eigenvalue weighted by molar-refractivity contribution is -0.149. The number of nitrogens with one attached hydrogen (secondary N) is 1. The third-order valence-electron chi connectivity index (χ3n) is 4.95. The van der Waals surface area contributed by atoms with Crippen molar-refractivity contribution in [2.24, 2.45) is 11.8 Å². The molecular formula is C21H26N2O2. The summed E-state index contributed by atoms with van der Waals surface area (Å²) in [4.78, 5) is 12.2. The highest BCUT2D eigenvalue weighted by Gasteiger charge is 2.34. The molecule has 1 N–H and O–H groups in total. The van der Waals surface area contributed by atoms with Gasteiger partial charge in [0.15, 0.2) is 0 Å². The zero-order valence-electron chi connectivity index (χ0n) is 14.7. The van der Waals surface area contributed by atoms with Crippen molar-refractivity contribution in [3.63, 3.8) is 0 Å². The van der Waals surface area contributed by atoms with Gasteiger partial charge in [-0.05, 0) is 42.9 Å². The van der Waals surface area contributed by atoms with E-state index in [0.29, 0.717) is 0 Å². The van der Waals surface area contributed by atoms with E-state index in [9.17, 15) is 4.79 Å². The van der Waals surface area contributed by atoms with Gasteiger partial charge in [-0.1, -0.05) is 48.5 Å². The number of piperidine rings is 1. The van der Waals surface area contributed by atoms with Gasteiger partial charge in [0.1, 0.15) is 0 Å². The van der Waals surface area contributed by atoms with Crippen molar-refractivity contribution in [2.75, 3.05) is 25.6 Å². The van der Waals surface area contributed by atoms with Crippen LogP contribution in [0.4, 0.5) is 5.69 Å². The van der Waals surface area contributed by atoms with Gasteiger partial charge in [-0.2, -0.15) is 0 Å². The number of carbonyl (C=O) groups excluding carboxylic acids is 1. The van der Waals surface area contributed by atoms with E-state index >= 15 is 0 Å². The maximum atomic E-state index is 12.2. The number of benzene rings is 2. The van der Waals surface area contributed by atoms with Gasteiger partial charge in [-0.25, -0.2) is 5.01 Å². The molecule has 0 amide bonds. The van der Waals surface area contributed by atoms with Crippen LogP contribution in [0.1, 0.15) is 18.4 Å². The fraction of sp³-hybridized carbons (Fsp3) is 0.381. The number of ether oxygens (including phenoxy) is 1. The van der Waals surface area contributed by atoms with E-state index in [4.69, 9.17) is 4.74 Å². The Balaban J connectivity index is 1.64. The highest BCUT2D eigenvalue weighted by Crippen LogP contribution is 2.29. The summed E-state index contributed by atoms with van der Waals surface area (Å²) < 4.78 is 5.05. The normalized spacial score (nSPS) is 20.8. The maximum absolute atomic E-state index is 12.2. The fourth-order valence-electron chi connectivity index (χ4n) is 3.58. The maximum Gasteiger partial charge on any atom is 0.309 e. The Morgan fingerprint density at radius 2 is 1.80 bits per heavy atom. The number of anilines is 1. The van der Waals surface area contributed by atoms with Crippen molar-refractivity contribution in [1.82, 2.24) is 5.01 Å². The van der Waals surface area contributed by atoms with Crippen LogP contribution in [0.15, 0.2) is 60.7 Å². The van der Waals surface area contributed by atoms with E-state index in [-0.39, 0.29) is 17.8 Å². The van der Waals surface area contributed by atoms with Crippen molar-refractivity contribution in [1.29, 1.82) is 0 Å². The van der Waals surface area contributed by atoms with Crippen LogP contribution in [0.5, 0.6) is 0 Å². The molecule has 2 unspecified atom stereocenters. The Morgan fingerprint density at radius 1 is 1.12 bits per heavy atom. The van der Waals surface area contributed by atoms with Gasteiger partial charge in [-0.3, -0.25) is 4.79 Å². The standard InChI is InChI=1S/C21H26N2O2/c1-25-21(24)20-14-15-23(22-19-10-6-3-7-11-19)16-18(20)13-12-17-8-4-2-5-9-17/h2-11,18,20,22H,12-16H2,1H3. The highest BCUT2D eigenvalue weighted by atomic mass is 16.5. The van der Waals surface area contributed by atoms with E-state index in [1.807, 2.05) is 24.3 Å². The van der Waals surface area contributed by atoms with E-state index in [0.717, 1.165) is 38.0 Å². The topological polar surface area (TPSA) is 41.6 Å². The average Bonchev–Trinajstić information content (AvgIpc) is 2.67. The highest BCUT2D eigenvalue weighted by molar-refractivity contribution is 5.72. The van der Waals surface area contributed by atoms with Gasteiger partial charge < -0.3 is 10.2 Å². The molecule has 0 aromatic heterocycles. The minimum absolute atomic E-state index is 0.0115. The first-order valence-corrected chi connectivity index (χ1v) is 8.94. The summed E-state index contributed by atoms with van der Waals surface area (Å²) in [5, 5.41) is 2.23. The Bertz CT molecular complexity index is 660. The number of methoxy groups -OCH3 is 1. The number of hydrogen-bond acceptors (Lipinski definition) is 4. The molecule has 2 atom stereocenters. The first-order chi connectivity index (χ1) is 12.3. The third kappa shape index (κ3) is 4.83. The minimum Gasteiger partial charge on any atom is -0.469 e. The molecular weight excluding hydrogens is 312 g/mol. The van der Waals surface area contributed by atoms with Crippen molar-refractivity contribution in [3.05, 3.63) is 66.2 Å². The van der Waals surface area contributed by atoms with Gasteiger partial charge in [0.05, 0.1) is 13.0 Å². The van der Waals surface area contributed by atoms with Crippen molar-refractivity contribution >= 4 is 11.7 Å². The van der Waals surface area contributed by atoms with E-state index in [1.54, 1.807) is 0 Å². The van der Waals surface area contributed by atoms with Gasteiger partial charge in [0.2, 0.25) is 0 Å².